The topological polar surface area (TPSA) is 80.0 Å². The highest BCUT2D eigenvalue weighted by molar-refractivity contribution is 7.14. The predicted octanol–water partition coefficient (Wildman–Crippen LogP) is 1.19. The van der Waals surface area contributed by atoms with Crippen LogP contribution < -0.4 is 5.32 Å². The monoisotopic (exact) mass is 238 g/mol. The number of rotatable bonds is 4. The highest BCUT2D eigenvalue weighted by Gasteiger charge is 2.12. The Morgan fingerprint density at radius 1 is 1.69 bits per heavy atom. The van der Waals surface area contributed by atoms with Crippen LogP contribution in [0.15, 0.2) is 17.9 Å². The second-order valence-electron chi connectivity index (χ2n) is 3.21. The Hall–Kier alpha value is -1.89. The zero-order chi connectivity index (χ0) is 11.5. The summed E-state index contributed by atoms with van der Waals surface area (Å²) in [5.74, 6) is -1.02. The van der Waals surface area contributed by atoms with Crippen molar-refractivity contribution in [2.24, 2.45) is 7.05 Å². The minimum absolute atomic E-state index is 0.0638. The molecule has 0 aliphatic heterocycles. The second kappa shape index (κ2) is 4.31. The summed E-state index contributed by atoms with van der Waals surface area (Å²) in [6.45, 7) is 0.538. The van der Waals surface area contributed by atoms with E-state index in [0.29, 0.717) is 11.5 Å². The number of nitrogens with one attached hydrogen (secondary N) is 1. The van der Waals surface area contributed by atoms with E-state index in [2.05, 4.69) is 15.4 Å². The quantitative estimate of drug-likeness (QED) is 0.836. The van der Waals surface area contributed by atoms with Gasteiger partial charge in [0.15, 0.2) is 5.69 Å². The highest BCUT2D eigenvalue weighted by Crippen LogP contribution is 2.20. The molecule has 2 aromatic heterocycles. The number of nitrogens with zero attached hydrogens (tertiary/aromatic N) is 3. The lowest BCUT2D eigenvalue weighted by molar-refractivity contribution is 0.0692. The summed E-state index contributed by atoms with van der Waals surface area (Å²) >= 11 is 1.27. The molecule has 6 nitrogen and oxygen atoms in total. The van der Waals surface area contributed by atoms with Gasteiger partial charge in [-0.3, -0.25) is 4.68 Å². The van der Waals surface area contributed by atoms with E-state index in [9.17, 15) is 4.79 Å². The summed E-state index contributed by atoms with van der Waals surface area (Å²) in [5, 5.41) is 16.5. The number of carboxylic acid groups (broad SMARTS) is 1. The molecule has 0 fully saturated rings. The van der Waals surface area contributed by atoms with E-state index in [4.69, 9.17) is 5.11 Å². The zero-order valence-electron chi connectivity index (χ0n) is 8.54. The van der Waals surface area contributed by atoms with E-state index < -0.39 is 5.97 Å². The maximum atomic E-state index is 10.8. The first-order valence-electron chi connectivity index (χ1n) is 4.55. The van der Waals surface area contributed by atoms with Crippen LogP contribution in [0.3, 0.4) is 0 Å². The first-order chi connectivity index (χ1) is 7.66. The molecular weight excluding hydrogens is 228 g/mol. The molecule has 0 unspecified atom stereocenters. The Bertz CT molecular complexity index is 505. The summed E-state index contributed by atoms with van der Waals surface area (Å²) in [4.78, 5) is 14.6. The fourth-order valence-corrected chi connectivity index (χ4v) is 1.94. The van der Waals surface area contributed by atoms with Gasteiger partial charge in [-0.15, -0.1) is 11.3 Å². The molecule has 0 spiro atoms. The van der Waals surface area contributed by atoms with Crippen molar-refractivity contribution in [3.63, 3.8) is 0 Å². The zero-order valence-corrected chi connectivity index (χ0v) is 9.36. The van der Waals surface area contributed by atoms with Crippen LogP contribution in [0.2, 0.25) is 0 Å². The number of carbonyl (C=O) groups is 1. The van der Waals surface area contributed by atoms with Gasteiger partial charge in [0, 0.05) is 25.4 Å². The third-order valence-corrected chi connectivity index (χ3v) is 2.77. The highest BCUT2D eigenvalue weighted by atomic mass is 32.1. The molecule has 0 atom stereocenters. The summed E-state index contributed by atoms with van der Waals surface area (Å²) in [6, 6.07) is 0. The van der Waals surface area contributed by atoms with Gasteiger partial charge in [-0.05, 0) is 0 Å². The van der Waals surface area contributed by atoms with Crippen molar-refractivity contribution in [2.75, 3.05) is 5.32 Å². The number of aromatic carboxylic acids is 1. The molecule has 2 aromatic rings. The van der Waals surface area contributed by atoms with Crippen LogP contribution in [0.25, 0.3) is 0 Å². The largest absolute Gasteiger partial charge is 0.476 e. The second-order valence-corrected chi connectivity index (χ2v) is 4.07. The van der Waals surface area contributed by atoms with Gasteiger partial charge >= 0.3 is 5.97 Å². The summed E-state index contributed by atoms with van der Waals surface area (Å²) in [6.07, 6.45) is 3.60. The van der Waals surface area contributed by atoms with Crippen LogP contribution in [0.5, 0.6) is 0 Å². The number of aryl methyl sites for hydroxylation is 1. The molecule has 0 aliphatic carbocycles. The van der Waals surface area contributed by atoms with Crippen LogP contribution >= 0.6 is 11.3 Å². The van der Waals surface area contributed by atoms with Gasteiger partial charge in [0.2, 0.25) is 0 Å². The number of thiazole rings is 1. The van der Waals surface area contributed by atoms with Gasteiger partial charge < -0.3 is 10.4 Å². The number of hydrogen-bond acceptors (Lipinski definition) is 5. The molecule has 0 radical (unpaired) electrons. The number of anilines is 1. The molecule has 7 heteroatoms. The first kappa shape index (κ1) is 10.6. The lowest BCUT2D eigenvalue weighted by Gasteiger charge is -2.01. The molecular formula is C9H10N4O2S. The van der Waals surface area contributed by atoms with E-state index >= 15 is 0 Å². The van der Waals surface area contributed by atoms with Gasteiger partial charge in [0.1, 0.15) is 5.00 Å². The van der Waals surface area contributed by atoms with Crippen molar-refractivity contribution in [1.29, 1.82) is 0 Å². The molecule has 0 aromatic carbocycles. The van der Waals surface area contributed by atoms with Crippen molar-refractivity contribution < 1.29 is 9.90 Å². The average Bonchev–Trinajstić information content (AvgIpc) is 2.83. The van der Waals surface area contributed by atoms with Gasteiger partial charge in [-0.2, -0.15) is 5.10 Å². The number of carboxylic acids is 1. The van der Waals surface area contributed by atoms with Crippen molar-refractivity contribution in [3.05, 3.63) is 29.2 Å². The summed E-state index contributed by atoms with van der Waals surface area (Å²) < 4.78 is 1.70. The SMILES string of the molecule is Cn1cc(CNc2scnc2C(=O)O)cn1. The Morgan fingerprint density at radius 2 is 2.50 bits per heavy atom. The maximum absolute atomic E-state index is 10.8. The molecule has 2 heterocycles. The minimum Gasteiger partial charge on any atom is -0.476 e. The smallest absolute Gasteiger partial charge is 0.357 e. The Balaban J connectivity index is 2.04. The normalized spacial score (nSPS) is 10.3. The molecule has 2 rings (SSSR count). The third-order valence-electron chi connectivity index (χ3n) is 1.98. The Labute approximate surface area is 95.6 Å². The van der Waals surface area contributed by atoms with Crippen molar-refractivity contribution in [1.82, 2.24) is 14.8 Å². The van der Waals surface area contributed by atoms with Crippen molar-refractivity contribution in [3.8, 4) is 0 Å². The van der Waals surface area contributed by atoms with E-state index in [1.54, 1.807) is 10.9 Å². The molecule has 0 aliphatic rings. The molecule has 0 bridgehead atoms. The Kier molecular flexibility index (Phi) is 2.86. The van der Waals surface area contributed by atoms with Crippen LogP contribution in [-0.2, 0) is 13.6 Å². The van der Waals surface area contributed by atoms with Crippen LogP contribution in [0.1, 0.15) is 16.1 Å². The average molecular weight is 238 g/mol. The molecule has 0 saturated carbocycles. The van der Waals surface area contributed by atoms with E-state index in [-0.39, 0.29) is 5.69 Å². The van der Waals surface area contributed by atoms with Gasteiger partial charge in [-0.25, -0.2) is 9.78 Å². The first-order valence-corrected chi connectivity index (χ1v) is 5.43. The maximum Gasteiger partial charge on any atom is 0.357 e. The van der Waals surface area contributed by atoms with Crippen LogP contribution in [-0.4, -0.2) is 25.8 Å². The van der Waals surface area contributed by atoms with Crippen LogP contribution in [0, 0.1) is 0 Å². The molecule has 16 heavy (non-hydrogen) atoms. The fourth-order valence-electron chi connectivity index (χ4n) is 1.27. The molecule has 0 amide bonds. The minimum atomic E-state index is -1.02. The lowest BCUT2D eigenvalue weighted by Crippen LogP contribution is -2.04. The van der Waals surface area contributed by atoms with Gasteiger partial charge in [-0.1, -0.05) is 0 Å². The van der Waals surface area contributed by atoms with Crippen molar-refractivity contribution in [2.45, 2.75) is 6.54 Å². The molecule has 0 saturated heterocycles. The van der Waals surface area contributed by atoms with Gasteiger partial charge in [0.05, 0.1) is 11.7 Å². The summed E-state index contributed by atoms with van der Waals surface area (Å²) in [7, 11) is 1.83. The fraction of sp³-hybridized carbons (Fsp3) is 0.222. The number of aromatic nitrogens is 3. The number of hydrogen-bond donors (Lipinski definition) is 2. The van der Waals surface area contributed by atoms with Crippen molar-refractivity contribution >= 4 is 22.3 Å². The predicted molar refractivity (Wildman–Crippen MR) is 59.6 cm³/mol. The van der Waals surface area contributed by atoms with E-state index in [1.165, 1.54) is 16.8 Å². The standard InChI is InChI=1S/C9H10N4O2S/c1-13-4-6(3-12-13)2-10-8-7(9(14)15)11-5-16-8/h3-5,10H,2H2,1H3,(H,14,15). The molecule has 84 valence electrons. The van der Waals surface area contributed by atoms with E-state index in [0.717, 1.165) is 5.56 Å². The third kappa shape index (κ3) is 2.19. The molecule has 2 N–H and O–H groups in total. The lowest BCUT2D eigenvalue weighted by atomic mass is 10.3. The van der Waals surface area contributed by atoms with Gasteiger partial charge in [0.25, 0.3) is 0 Å². The summed E-state index contributed by atoms with van der Waals surface area (Å²) in [5.41, 5.74) is 2.57. The van der Waals surface area contributed by atoms with E-state index in [1.807, 2.05) is 13.2 Å². The van der Waals surface area contributed by atoms with Crippen LogP contribution in [0.4, 0.5) is 5.00 Å². The Morgan fingerprint density at radius 3 is 3.12 bits per heavy atom.